The zero-order valence-corrected chi connectivity index (χ0v) is 10.8. The quantitative estimate of drug-likeness (QED) is 0.865. The van der Waals surface area contributed by atoms with E-state index in [4.69, 9.17) is 4.74 Å². The molecule has 94 valence electrons. The van der Waals surface area contributed by atoms with Crippen molar-refractivity contribution >= 4 is 0 Å². The van der Waals surface area contributed by atoms with E-state index in [0.29, 0.717) is 5.92 Å². The van der Waals surface area contributed by atoms with E-state index in [0.717, 1.165) is 24.2 Å². The summed E-state index contributed by atoms with van der Waals surface area (Å²) < 4.78 is 5.38. The Morgan fingerprint density at radius 3 is 2.59 bits per heavy atom. The summed E-state index contributed by atoms with van der Waals surface area (Å²) in [5.74, 6) is 1.23. The van der Waals surface area contributed by atoms with Gasteiger partial charge in [0.1, 0.15) is 5.75 Å². The number of hydrogen-bond acceptors (Lipinski definition) is 2. The molecule has 0 aromatic heterocycles. The van der Waals surface area contributed by atoms with Gasteiger partial charge in [0.05, 0.1) is 13.2 Å². The van der Waals surface area contributed by atoms with Crippen molar-refractivity contribution in [1.29, 1.82) is 0 Å². The number of ether oxygens (including phenoxy) is 1. The molecule has 1 aromatic carbocycles. The van der Waals surface area contributed by atoms with Crippen molar-refractivity contribution < 1.29 is 9.84 Å². The van der Waals surface area contributed by atoms with E-state index >= 15 is 0 Å². The summed E-state index contributed by atoms with van der Waals surface area (Å²) in [4.78, 5) is 0. The zero-order chi connectivity index (χ0) is 12.3. The lowest BCUT2D eigenvalue weighted by Crippen LogP contribution is -2.16. The zero-order valence-electron chi connectivity index (χ0n) is 10.8. The smallest absolute Gasteiger partial charge is 0.124 e. The van der Waals surface area contributed by atoms with Crippen molar-refractivity contribution in [2.45, 2.75) is 45.1 Å². The molecule has 2 nitrogen and oxygen atoms in total. The van der Waals surface area contributed by atoms with Gasteiger partial charge in [-0.3, -0.25) is 0 Å². The normalized spacial score (nSPS) is 19.0. The lowest BCUT2D eigenvalue weighted by atomic mass is 9.82. The van der Waals surface area contributed by atoms with Crippen LogP contribution in [0.5, 0.6) is 5.75 Å². The first-order chi connectivity index (χ1) is 8.22. The van der Waals surface area contributed by atoms with Crippen molar-refractivity contribution in [2.24, 2.45) is 5.92 Å². The fourth-order valence-corrected chi connectivity index (χ4v) is 2.77. The molecule has 1 atom stereocenters. The SMILES string of the molecule is COc1cc(C)ccc1C(O)C1CCCCC1. The first-order valence-corrected chi connectivity index (χ1v) is 6.55. The monoisotopic (exact) mass is 234 g/mol. The van der Waals surface area contributed by atoms with Gasteiger partial charge in [-0.1, -0.05) is 31.4 Å². The summed E-state index contributed by atoms with van der Waals surface area (Å²) in [6.07, 6.45) is 5.71. The highest BCUT2D eigenvalue weighted by atomic mass is 16.5. The third-order valence-electron chi connectivity index (χ3n) is 3.80. The molecule has 0 amide bonds. The van der Waals surface area contributed by atoms with Gasteiger partial charge in [-0.05, 0) is 37.3 Å². The number of aliphatic hydroxyl groups is 1. The average molecular weight is 234 g/mol. The van der Waals surface area contributed by atoms with Gasteiger partial charge < -0.3 is 9.84 Å². The van der Waals surface area contributed by atoms with E-state index in [-0.39, 0.29) is 6.10 Å². The molecule has 17 heavy (non-hydrogen) atoms. The molecular weight excluding hydrogens is 212 g/mol. The van der Waals surface area contributed by atoms with Crippen LogP contribution in [0.25, 0.3) is 0 Å². The summed E-state index contributed by atoms with van der Waals surface area (Å²) >= 11 is 0. The van der Waals surface area contributed by atoms with Crippen molar-refractivity contribution in [2.75, 3.05) is 7.11 Å². The van der Waals surface area contributed by atoms with Crippen LogP contribution in [0.2, 0.25) is 0 Å². The predicted octanol–water partition coefficient (Wildman–Crippen LogP) is 3.62. The number of rotatable bonds is 3. The van der Waals surface area contributed by atoms with E-state index in [1.807, 2.05) is 25.1 Å². The first-order valence-electron chi connectivity index (χ1n) is 6.55. The second-order valence-electron chi connectivity index (χ2n) is 5.09. The Morgan fingerprint density at radius 1 is 1.24 bits per heavy atom. The van der Waals surface area contributed by atoms with Crippen molar-refractivity contribution in [3.05, 3.63) is 29.3 Å². The largest absolute Gasteiger partial charge is 0.496 e. The molecule has 1 saturated carbocycles. The molecule has 1 unspecified atom stereocenters. The third kappa shape index (κ3) is 2.81. The topological polar surface area (TPSA) is 29.5 Å². The first kappa shape index (κ1) is 12.4. The van der Waals surface area contributed by atoms with Crippen LogP contribution < -0.4 is 4.74 Å². The summed E-state index contributed by atoms with van der Waals surface area (Å²) in [5.41, 5.74) is 2.12. The van der Waals surface area contributed by atoms with Crippen LogP contribution in [0.15, 0.2) is 18.2 Å². The molecule has 1 aromatic rings. The second-order valence-corrected chi connectivity index (χ2v) is 5.09. The molecule has 0 bridgehead atoms. The molecule has 0 radical (unpaired) electrons. The van der Waals surface area contributed by atoms with Gasteiger partial charge in [0.2, 0.25) is 0 Å². The van der Waals surface area contributed by atoms with Crippen LogP contribution in [0.1, 0.15) is 49.3 Å². The maximum absolute atomic E-state index is 10.5. The van der Waals surface area contributed by atoms with Gasteiger partial charge in [-0.25, -0.2) is 0 Å². The number of methoxy groups -OCH3 is 1. The van der Waals surface area contributed by atoms with Crippen molar-refractivity contribution in [3.8, 4) is 5.75 Å². The molecule has 2 heteroatoms. The average Bonchev–Trinajstić information content (AvgIpc) is 2.39. The van der Waals surface area contributed by atoms with Crippen LogP contribution in [0, 0.1) is 12.8 Å². The molecule has 0 heterocycles. The van der Waals surface area contributed by atoms with Crippen LogP contribution >= 0.6 is 0 Å². The molecule has 0 saturated heterocycles. The van der Waals surface area contributed by atoms with Crippen LogP contribution in [-0.4, -0.2) is 12.2 Å². The highest BCUT2D eigenvalue weighted by Crippen LogP contribution is 2.37. The van der Waals surface area contributed by atoms with Crippen LogP contribution in [0.4, 0.5) is 0 Å². The minimum absolute atomic E-state index is 0.370. The van der Waals surface area contributed by atoms with E-state index in [9.17, 15) is 5.11 Å². The molecule has 2 rings (SSSR count). The second kappa shape index (κ2) is 5.54. The molecule has 0 aliphatic heterocycles. The van der Waals surface area contributed by atoms with Gasteiger partial charge >= 0.3 is 0 Å². The van der Waals surface area contributed by atoms with Crippen LogP contribution in [-0.2, 0) is 0 Å². The Bertz CT molecular complexity index is 367. The summed E-state index contributed by atoms with van der Waals surface area (Å²) in [7, 11) is 1.67. The number of hydrogen-bond donors (Lipinski definition) is 1. The summed E-state index contributed by atoms with van der Waals surface area (Å²) in [6, 6.07) is 6.05. The molecular formula is C15H22O2. The Hall–Kier alpha value is -1.02. The number of aliphatic hydroxyl groups excluding tert-OH is 1. The lowest BCUT2D eigenvalue weighted by Gasteiger charge is -2.27. The van der Waals surface area contributed by atoms with Crippen LogP contribution in [0.3, 0.4) is 0 Å². The molecule has 1 N–H and O–H groups in total. The van der Waals surface area contributed by atoms with Gasteiger partial charge in [-0.2, -0.15) is 0 Å². The van der Waals surface area contributed by atoms with E-state index < -0.39 is 0 Å². The third-order valence-corrected chi connectivity index (χ3v) is 3.80. The number of benzene rings is 1. The highest BCUT2D eigenvalue weighted by Gasteiger charge is 2.25. The Labute approximate surface area is 104 Å². The minimum atomic E-state index is -0.370. The molecule has 1 fully saturated rings. The fourth-order valence-electron chi connectivity index (χ4n) is 2.77. The molecule has 1 aliphatic carbocycles. The highest BCUT2D eigenvalue weighted by molar-refractivity contribution is 5.38. The van der Waals surface area contributed by atoms with Gasteiger partial charge in [-0.15, -0.1) is 0 Å². The molecule has 1 aliphatic rings. The van der Waals surface area contributed by atoms with E-state index in [1.165, 1.54) is 24.8 Å². The Morgan fingerprint density at radius 2 is 1.94 bits per heavy atom. The Balaban J connectivity index is 2.19. The molecule has 0 spiro atoms. The fraction of sp³-hybridized carbons (Fsp3) is 0.600. The summed E-state index contributed by atoms with van der Waals surface area (Å²) in [5, 5.41) is 10.5. The van der Waals surface area contributed by atoms with E-state index in [2.05, 4.69) is 0 Å². The minimum Gasteiger partial charge on any atom is -0.496 e. The standard InChI is InChI=1S/C15H22O2/c1-11-8-9-13(14(10-11)17-2)15(16)12-6-4-3-5-7-12/h8-10,12,15-16H,3-7H2,1-2H3. The van der Waals surface area contributed by atoms with Crippen molar-refractivity contribution in [3.63, 3.8) is 0 Å². The number of aryl methyl sites for hydroxylation is 1. The Kier molecular flexibility index (Phi) is 4.06. The van der Waals surface area contributed by atoms with Gasteiger partial charge in [0.15, 0.2) is 0 Å². The van der Waals surface area contributed by atoms with Gasteiger partial charge in [0, 0.05) is 5.56 Å². The maximum atomic E-state index is 10.5. The lowest BCUT2D eigenvalue weighted by molar-refractivity contribution is 0.0824. The van der Waals surface area contributed by atoms with Crippen molar-refractivity contribution in [1.82, 2.24) is 0 Å². The maximum Gasteiger partial charge on any atom is 0.124 e. The predicted molar refractivity (Wildman–Crippen MR) is 69.3 cm³/mol. The summed E-state index contributed by atoms with van der Waals surface area (Å²) in [6.45, 7) is 2.04. The van der Waals surface area contributed by atoms with Gasteiger partial charge in [0.25, 0.3) is 0 Å². The van der Waals surface area contributed by atoms with E-state index in [1.54, 1.807) is 7.11 Å².